The van der Waals surface area contributed by atoms with Crippen LogP contribution in [-0.4, -0.2) is 97.1 Å². The number of aryl methyl sites for hydroxylation is 1. The van der Waals surface area contributed by atoms with Gasteiger partial charge in [-0.15, -0.1) is 0 Å². The van der Waals surface area contributed by atoms with E-state index in [1.807, 2.05) is 76.2 Å². The number of likely N-dealkylation sites (tertiary alicyclic amines) is 2. The van der Waals surface area contributed by atoms with Crippen molar-refractivity contribution in [3.05, 3.63) is 89.5 Å². The van der Waals surface area contributed by atoms with Gasteiger partial charge in [0.15, 0.2) is 0 Å². The van der Waals surface area contributed by atoms with Gasteiger partial charge >= 0.3 is 12.2 Å². The standard InChI is InChI=1S/C47H61N7O8/c1-28(2)40(50-46(59)61-6)44(57)52-26-8-10-38(52)42(55)48-33-18-14-31(15-19-33)36-24-25-37(54(36)35-22-12-30(5)13-23-35)32-16-20-34(21-17-32)49-43(56)39-11-9-27-53(39)45(58)41(29(3)4)51-47(60)62-7/h12-23,28-29,36-41H,8-11,24-27H2,1-7H3,(H,48,55)(H,49,56)(H,50,59)(H,51,60)/t36?,37?,38-,39-,40-,41-/m0/s1. The molecule has 332 valence electrons. The predicted molar refractivity (Wildman–Crippen MR) is 236 cm³/mol. The normalized spacial score (nSPS) is 20.8. The number of benzene rings is 3. The third kappa shape index (κ3) is 10.3. The second kappa shape index (κ2) is 20.2. The summed E-state index contributed by atoms with van der Waals surface area (Å²) in [6, 6.07) is 21.4. The van der Waals surface area contributed by atoms with Crippen LogP contribution in [0.25, 0.3) is 0 Å². The van der Waals surface area contributed by atoms with Crippen LogP contribution in [0.3, 0.4) is 0 Å². The molecule has 3 saturated heterocycles. The smallest absolute Gasteiger partial charge is 0.407 e. The molecule has 0 radical (unpaired) electrons. The van der Waals surface area contributed by atoms with Gasteiger partial charge in [0.2, 0.25) is 23.6 Å². The van der Waals surface area contributed by atoms with Gasteiger partial charge in [0.05, 0.1) is 26.3 Å². The lowest BCUT2D eigenvalue weighted by molar-refractivity contribution is -0.139. The molecule has 0 aromatic heterocycles. The minimum Gasteiger partial charge on any atom is -0.453 e. The van der Waals surface area contributed by atoms with Crippen molar-refractivity contribution in [2.75, 3.05) is 42.8 Å². The van der Waals surface area contributed by atoms with E-state index in [4.69, 9.17) is 9.47 Å². The summed E-state index contributed by atoms with van der Waals surface area (Å²) in [5.74, 6) is -1.54. The summed E-state index contributed by atoms with van der Waals surface area (Å²) < 4.78 is 9.46. The fraction of sp³-hybridized carbons (Fsp3) is 0.489. The van der Waals surface area contributed by atoms with Crippen molar-refractivity contribution in [2.45, 2.75) is 109 Å². The Labute approximate surface area is 364 Å². The Kier molecular flexibility index (Phi) is 14.8. The van der Waals surface area contributed by atoms with E-state index in [0.717, 1.165) is 35.2 Å². The summed E-state index contributed by atoms with van der Waals surface area (Å²) in [4.78, 5) is 83.8. The van der Waals surface area contributed by atoms with Gasteiger partial charge in [-0.05, 0) is 105 Å². The summed E-state index contributed by atoms with van der Waals surface area (Å²) in [5.41, 5.74) is 5.69. The molecule has 6 atom stereocenters. The Hall–Kier alpha value is -6.12. The van der Waals surface area contributed by atoms with Crippen LogP contribution in [0.1, 0.15) is 95.0 Å². The molecule has 6 rings (SSSR count). The lowest BCUT2D eigenvalue weighted by atomic mass is 10.0. The molecule has 6 amide bonds. The molecule has 3 heterocycles. The quantitative estimate of drug-likeness (QED) is 0.146. The number of carbonyl (C=O) groups excluding carboxylic acids is 6. The average Bonchev–Trinajstić information content (AvgIpc) is 4.06. The fourth-order valence-corrected chi connectivity index (χ4v) is 8.93. The highest BCUT2D eigenvalue weighted by Gasteiger charge is 2.41. The Bertz CT molecular complexity index is 1950. The monoisotopic (exact) mass is 851 g/mol. The van der Waals surface area contributed by atoms with Gasteiger partial charge in [-0.3, -0.25) is 19.2 Å². The SMILES string of the molecule is COC(=O)N[C@H](C(=O)N1CCC[C@H]1C(=O)Nc1ccc(C2CCC(c3ccc(NC(=O)[C@@H]4CCCN4C(=O)[C@@H](NC(=O)OC)C(C)C)cc3)N2c2ccc(C)cc2)cc1)C(C)C. The molecule has 15 nitrogen and oxygen atoms in total. The number of nitrogens with zero attached hydrogens (tertiary/aromatic N) is 3. The Morgan fingerprint density at radius 2 is 0.952 bits per heavy atom. The second-order valence-electron chi connectivity index (χ2n) is 17.2. The molecule has 4 N–H and O–H groups in total. The molecule has 0 spiro atoms. The number of carbonyl (C=O) groups is 6. The first-order valence-corrected chi connectivity index (χ1v) is 21.7. The van der Waals surface area contributed by atoms with E-state index >= 15 is 0 Å². The van der Waals surface area contributed by atoms with Crippen LogP contribution in [0, 0.1) is 18.8 Å². The van der Waals surface area contributed by atoms with Gasteiger partial charge in [-0.25, -0.2) is 9.59 Å². The molecule has 0 saturated carbocycles. The van der Waals surface area contributed by atoms with Crippen LogP contribution in [0.15, 0.2) is 72.8 Å². The predicted octanol–water partition coefficient (Wildman–Crippen LogP) is 6.70. The lowest BCUT2D eigenvalue weighted by Gasteiger charge is -2.33. The molecule has 3 aliphatic heterocycles. The lowest BCUT2D eigenvalue weighted by Crippen LogP contribution is -2.54. The van der Waals surface area contributed by atoms with E-state index in [-0.39, 0.29) is 47.5 Å². The van der Waals surface area contributed by atoms with Gasteiger partial charge in [0, 0.05) is 30.2 Å². The fourth-order valence-electron chi connectivity index (χ4n) is 8.93. The second-order valence-corrected chi connectivity index (χ2v) is 17.2. The van der Waals surface area contributed by atoms with Crippen molar-refractivity contribution >= 4 is 52.9 Å². The van der Waals surface area contributed by atoms with Crippen molar-refractivity contribution < 1.29 is 38.2 Å². The van der Waals surface area contributed by atoms with E-state index in [9.17, 15) is 28.8 Å². The highest BCUT2D eigenvalue weighted by molar-refractivity contribution is 5.99. The number of rotatable bonds is 13. The Morgan fingerprint density at radius 1 is 0.565 bits per heavy atom. The molecule has 3 aliphatic rings. The zero-order valence-corrected chi connectivity index (χ0v) is 36.8. The maximum Gasteiger partial charge on any atom is 0.407 e. The molecule has 15 heteroatoms. The first kappa shape index (κ1) is 45.4. The number of hydrogen-bond acceptors (Lipinski definition) is 9. The largest absolute Gasteiger partial charge is 0.453 e. The van der Waals surface area contributed by atoms with Crippen LogP contribution < -0.4 is 26.2 Å². The van der Waals surface area contributed by atoms with E-state index < -0.39 is 36.4 Å². The summed E-state index contributed by atoms with van der Waals surface area (Å²) >= 11 is 0. The topological polar surface area (TPSA) is 179 Å². The maximum atomic E-state index is 13.6. The highest BCUT2D eigenvalue weighted by atomic mass is 16.5. The van der Waals surface area contributed by atoms with Crippen molar-refractivity contribution in [3.63, 3.8) is 0 Å². The molecule has 0 bridgehead atoms. The number of alkyl carbamates (subject to hydrolysis) is 2. The van der Waals surface area contributed by atoms with Gasteiger partial charge in [0.25, 0.3) is 0 Å². The van der Waals surface area contributed by atoms with Crippen molar-refractivity contribution in [3.8, 4) is 0 Å². The van der Waals surface area contributed by atoms with Crippen LogP contribution in [-0.2, 0) is 28.7 Å². The average molecular weight is 852 g/mol. The van der Waals surface area contributed by atoms with Crippen LogP contribution in [0.5, 0.6) is 0 Å². The first-order valence-electron chi connectivity index (χ1n) is 21.7. The highest BCUT2D eigenvalue weighted by Crippen LogP contribution is 2.47. The summed E-state index contributed by atoms with van der Waals surface area (Å²) in [6.07, 6.45) is 2.79. The van der Waals surface area contributed by atoms with E-state index in [1.54, 1.807) is 9.80 Å². The molecular formula is C47H61N7O8. The van der Waals surface area contributed by atoms with Crippen LogP contribution in [0.4, 0.5) is 26.7 Å². The van der Waals surface area contributed by atoms with Gasteiger partial charge < -0.3 is 45.4 Å². The molecule has 3 aromatic carbocycles. The molecular weight excluding hydrogens is 791 g/mol. The third-order valence-corrected chi connectivity index (χ3v) is 12.3. The number of methoxy groups -OCH3 is 2. The molecule has 3 aromatic rings. The summed E-state index contributed by atoms with van der Waals surface area (Å²) in [6.45, 7) is 10.3. The number of anilines is 3. The minimum atomic E-state index is -0.810. The zero-order chi connectivity index (χ0) is 44.7. The van der Waals surface area contributed by atoms with E-state index in [0.29, 0.717) is 50.1 Å². The molecule has 0 aliphatic carbocycles. The summed E-state index contributed by atoms with van der Waals surface area (Å²) in [7, 11) is 2.50. The zero-order valence-electron chi connectivity index (χ0n) is 36.8. The van der Waals surface area contributed by atoms with Crippen molar-refractivity contribution in [1.82, 2.24) is 20.4 Å². The van der Waals surface area contributed by atoms with Gasteiger partial charge in [-0.1, -0.05) is 69.7 Å². The van der Waals surface area contributed by atoms with Crippen molar-refractivity contribution in [1.29, 1.82) is 0 Å². The van der Waals surface area contributed by atoms with E-state index in [2.05, 4.69) is 57.4 Å². The Morgan fingerprint density at radius 3 is 1.31 bits per heavy atom. The van der Waals surface area contributed by atoms with Crippen molar-refractivity contribution in [2.24, 2.45) is 11.8 Å². The van der Waals surface area contributed by atoms with Gasteiger partial charge in [0.1, 0.15) is 24.2 Å². The van der Waals surface area contributed by atoms with Crippen LogP contribution in [0.2, 0.25) is 0 Å². The minimum absolute atomic E-state index is 0.0410. The first-order chi connectivity index (χ1) is 29.7. The number of ether oxygens (including phenoxy) is 2. The number of amides is 6. The van der Waals surface area contributed by atoms with Crippen LogP contribution >= 0.6 is 0 Å². The maximum absolute atomic E-state index is 13.6. The van der Waals surface area contributed by atoms with E-state index in [1.165, 1.54) is 14.2 Å². The summed E-state index contributed by atoms with van der Waals surface area (Å²) in [5, 5.41) is 11.3. The Balaban J connectivity index is 1.13. The molecule has 3 fully saturated rings. The number of hydrogen-bond donors (Lipinski definition) is 4. The third-order valence-electron chi connectivity index (χ3n) is 12.3. The molecule has 2 unspecified atom stereocenters. The molecule has 62 heavy (non-hydrogen) atoms. The van der Waals surface area contributed by atoms with Gasteiger partial charge in [-0.2, -0.15) is 0 Å². The number of nitrogens with one attached hydrogen (secondary N) is 4.